The lowest BCUT2D eigenvalue weighted by Crippen LogP contribution is -1.90. The minimum Gasteiger partial charge on any atom is -0.222 e. The maximum absolute atomic E-state index is 5.54. The van der Waals surface area contributed by atoms with Crippen LogP contribution in [0.25, 0.3) is 48.9 Å². The summed E-state index contributed by atoms with van der Waals surface area (Å²) in [4.78, 5) is 25.1. The van der Waals surface area contributed by atoms with Crippen molar-refractivity contribution in [2.24, 2.45) is 0 Å². The fraction of sp³-hybridized carbons (Fsp3) is 0.744. The summed E-state index contributed by atoms with van der Waals surface area (Å²) in [6, 6.07) is 10.2. The molecule has 0 aliphatic carbocycles. The van der Waals surface area contributed by atoms with Crippen LogP contribution in [-0.2, 0) is 25.7 Å². The zero-order valence-corrected chi connectivity index (χ0v) is 61.3. The fourth-order valence-corrected chi connectivity index (χ4v) is 20.3. The first-order valence-electron chi connectivity index (χ1n) is 37.1. The Balaban J connectivity index is 1.13. The van der Waals surface area contributed by atoms with Crippen LogP contribution < -0.4 is 0 Å². The van der Waals surface area contributed by atoms with Gasteiger partial charge in [0.25, 0.3) is 0 Å². The monoisotopic (exact) mass is 1280 g/mol. The van der Waals surface area contributed by atoms with E-state index in [4.69, 9.17) is 9.97 Å². The van der Waals surface area contributed by atoms with Crippen LogP contribution in [0.4, 0.5) is 0 Å². The van der Waals surface area contributed by atoms with E-state index < -0.39 is 0 Å². The van der Waals surface area contributed by atoms with Crippen LogP contribution >= 0.6 is 68.0 Å². The van der Waals surface area contributed by atoms with E-state index in [2.05, 4.69) is 77.1 Å². The fourth-order valence-electron chi connectivity index (χ4n) is 13.2. The molecule has 0 unspecified atom stereocenters. The van der Waals surface area contributed by atoms with Gasteiger partial charge in [-0.2, -0.15) is 0 Å². The third-order valence-electron chi connectivity index (χ3n) is 18.5. The van der Waals surface area contributed by atoms with Crippen LogP contribution in [0.3, 0.4) is 0 Å². The number of nitrogens with zero attached hydrogens (tertiary/aromatic N) is 2. The summed E-state index contributed by atoms with van der Waals surface area (Å²) in [6.07, 6.45) is 71.8. The summed E-state index contributed by atoms with van der Waals surface area (Å²) < 4.78 is 0. The largest absolute Gasteiger partial charge is 0.222 e. The van der Waals surface area contributed by atoms with Crippen molar-refractivity contribution in [3.8, 4) is 39.3 Å². The molecule has 0 spiro atoms. The van der Waals surface area contributed by atoms with Crippen molar-refractivity contribution in [1.82, 2.24) is 9.97 Å². The van der Waals surface area contributed by atoms with E-state index >= 15 is 0 Å². The molecule has 6 aromatic heterocycles. The number of hydrogen-bond donors (Lipinski definition) is 0. The predicted molar refractivity (Wildman–Crippen MR) is 397 cm³/mol. The summed E-state index contributed by atoms with van der Waals surface area (Å²) in [5, 5.41) is 2.37. The Hall–Kier alpha value is -1.68. The highest BCUT2D eigenvalue weighted by molar-refractivity contribution is 7.33. The molecule has 0 radical (unpaired) electrons. The molecular formula is C78H126N2S6. The lowest BCUT2D eigenvalue weighted by atomic mass is 10.0. The number of aromatic nitrogens is 2. The molecule has 0 fully saturated rings. The van der Waals surface area contributed by atoms with Crippen molar-refractivity contribution in [3.63, 3.8) is 0 Å². The van der Waals surface area contributed by atoms with Gasteiger partial charge in [-0.25, -0.2) is 9.97 Å². The molecule has 0 saturated heterocycles. The van der Waals surface area contributed by atoms with E-state index in [0.29, 0.717) is 0 Å². The molecule has 0 bridgehead atoms. The normalized spacial score (nSPS) is 11.9. The first kappa shape index (κ1) is 73.4. The van der Waals surface area contributed by atoms with Crippen LogP contribution in [0, 0.1) is 13.8 Å². The second-order valence-electron chi connectivity index (χ2n) is 26.6. The molecule has 6 rings (SSSR count). The number of thiophene rings is 4. The molecule has 0 atom stereocenters. The average Bonchev–Trinajstić information content (AvgIpc) is 2.41. The summed E-state index contributed by atoms with van der Waals surface area (Å²) in [5.41, 5.74) is 6.27. The highest BCUT2D eigenvalue weighted by Crippen LogP contribution is 2.49. The Morgan fingerprint density at radius 3 is 0.837 bits per heavy atom. The molecule has 0 N–H and O–H groups in total. The molecular weight excluding hydrogens is 1160 g/mol. The van der Waals surface area contributed by atoms with E-state index in [1.807, 2.05) is 56.7 Å². The zero-order valence-electron chi connectivity index (χ0n) is 56.4. The van der Waals surface area contributed by atoms with Gasteiger partial charge in [0, 0.05) is 29.3 Å². The number of unbranched alkanes of at least 4 members (excludes halogenated alkanes) is 44. The Labute approximate surface area is 554 Å². The number of rotatable bonds is 56. The van der Waals surface area contributed by atoms with E-state index in [9.17, 15) is 0 Å². The van der Waals surface area contributed by atoms with Crippen LogP contribution in [0.2, 0.25) is 0 Å². The Bertz CT molecular complexity index is 2560. The minimum atomic E-state index is 1.13. The first-order chi connectivity index (χ1) is 42.4. The number of aryl methyl sites for hydroxylation is 6. The van der Waals surface area contributed by atoms with E-state index in [1.54, 1.807) is 21.6 Å². The van der Waals surface area contributed by atoms with Crippen molar-refractivity contribution in [2.45, 2.75) is 375 Å². The number of thiazole rings is 2. The van der Waals surface area contributed by atoms with Crippen LogP contribution in [0.1, 0.15) is 368 Å². The van der Waals surface area contributed by atoms with Gasteiger partial charge < -0.3 is 0 Å². The molecule has 0 saturated carbocycles. The highest BCUT2D eigenvalue weighted by Gasteiger charge is 2.24. The SMILES string of the molecule is CCCCCCCCCCCCCCc1cc(C)sc1-c1cc(CCCCCCCCCCCCCC)c(-c2nc3sc(-c4cc(CCCCCCCCCCCCCC)c(-c5sc(C)cc5CCCCCCCCCCCCCC)s4)nc3s2)s1. The predicted octanol–water partition coefficient (Wildman–Crippen LogP) is 30.3. The summed E-state index contributed by atoms with van der Waals surface area (Å²) in [5.74, 6) is 0. The van der Waals surface area contributed by atoms with Gasteiger partial charge in [-0.1, -0.05) is 333 Å². The first-order valence-corrected chi connectivity index (χ1v) is 42.0. The summed E-state index contributed by atoms with van der Waals surface area (Å²) in [6.45, 7) is 14.0. The van der Waals surface area contributed by atoms with Gasteiger partial charge in [-0.3, -0.25) is 0 Å². The lowest BCUT2D eigenvalue weighted by molar-refractivity contribution is 0.544. The van der Waals surface area contributed by atoms with Crippen molar-refractivity contribution >= 4 is 77.7 Å². The third kappa shape index (κ3) is 28.5. The van der Waals surface area contributed by atoms with E-state index in [1.165, 1.54) is 377 Å². The Morgan fingerprint density at radius 2 is 0.477 bits per heavy atom. The zero-order chi connectivity index (χ0) is 60.5. The molecule has 6 aromatic rings. The molecule has 8 heteroatoms. The quantitative estimate of drug-likeness (QED) is 0.0356. The van der Waals surface area contributed by atoms with E-state index in [-0.39, 0.29) is 0 Å². The van der Waals surface area contributed by atoms with Gasteiger partial charge in [0.15, 0.2) is 9.66 Å². The number of fused-ring (bicyclic) bond motifs is 1. The van der Waals surface area contributed by atoms with Crippen molar-refractivity contribution in [1.29, 1.82) is 0 Å². The summed E-state index contributed by atoms with van der Waals surface area (Å²) in [7, 11) is 0. The van der Waals surface area contributed by atoms with Crippen molar-refractivity contribution < 1.29 is 0 Å². The second-order valence-corrected chi connectivity index (χ2v) is 33.1. The molecule has 0 amide bonds. The Morgan fingerprint density at radius 1 is 0.233 bits per heavy atom. The summed E-state index contributed by atoms with van der Waals surface area (Å²) >= 11 is 11.9. The van der Waals surface area contributed by atoms with Gasteiger partial charge in [-0.15, -0.1) is 45.3 Å². The third-order valence-corrected chi connectivity index (χ3v) is 25.7. The molecule has 2 nitrogen and oxygen atoms in total. The molecule has 6 heterocycles. The minimum absolute atomic E-state index is 1.13. The van der Waals surface area contributed by atoms with Gasteiger partial charge in [-0.05, 0) is 112 Å². The number of hydrogen-bond acceptors (Lipinski definition) is 8. The maximum atomic E-state index is 5.54. The molecule has 86 heavy (non-hydrogen) atoms. The average molecular weight is 1280 g/mol. The van der Waals surface area contributed by atoms with Crippen LogP contribution in [-0.4, -0.2) is 9.97 Å². The topological polar surface area (TPSA) is 25.8 Å². The van der Waals surface area contributed by atoms with Gasteiger partial charge >= 0.3 is 0 Å². The standard InChI is InChI=1S/C78H126N2S6/c1-7-11-15-19-23-27-31-35-39-43-47-51-55-65-59-63(5)81-71(65)69-61-68(58-54-50-46-42-38-34-30-26-22-18-14-10-4)74(83-69)76-80-78-77(86-76)79-75(85-78)70-62-67(57-53-49-45-41-37-33-29-25-21-17-13-9-3)73(84-70)72-66(60-64(6)82-72)56-52-48-44-40-36-32-28-24-20-16-12-8-2/h59-62H,7-58H2,1-6H3. The lowest BCUT2D eigenvalue weighted by Gasteiger charge is -2.07. The van der Waals surface area contributed by atoms with Crippen molar-refractivity contribution in [2.75, 3.05) is 0 Å². The van der Waals surface area contributed by atoms with Crippen LogP contribution in [0.5, 0.6) is 0 Å². The Kier molecular flexibility index (Phi) is 39.6. The van der Waals surface area contributed by atoms with Gasteiger partial charge in [0.2, 0.25) is 0 Å². The maximum Gasteiger partial charge on any atom is 0.155 e. The molecule has 0 aliphatic rings. The molecule has 484 valence electrons. The van der Waals surface area contributed by atoms with Gasteiger partial charge in [0.1, 0.15) is 10.0 Å². The van der Waals surface area contributed by atoms with Crippen molar-refractivity contribution in [3.05, 3.63) is 56.3 Å². The van der Waals surface area contributed by atoms with E-state index in [0.717, 1.165) is 16.1 Å². The smallest absolute Gasteiger partial charge is 0.155 e. The van der Waals surface area contributed by atoms with Gasteiger partial charge in [0.05, 0.1) is 9.75 Å². The molecule has 0 aromatic carbocycles. The second kappa shape index (κ2) is 46.4. The van der Waals surface area contributed by atoms with Crippen LogP contribution in [0.15, 0.2) is 24.3 Å². The highest BCUT2D eigenvalue weighted by atomic mass is 32.1. The molecule has 0 aliphatic heterocycles.